The first-order chi connectivity index (χ1) is 12.0. The Morgan fingerprint density at radius 1 is 1.16 bits per heavy atom. The Morgan fingerprint density at radius 2 is 1.96 bits per heavy atom. The highest BCUT2D eigenvalue weighted by Crippen LogP contribution is 2.16. The number of hydrogen-bond donors (Lipinski definition) is 2. The van der Waals surface area contributed by atoms with Crippen LogP contribution in [0.4, 0.5) is 11.5 Å². The average Bonchev–Trinajstić information content (AvgIpc) is 2.61. The molecule has 1 aromatic carbocycles. The zero-order valence-corrected chi connectivity index (χ0v) is 14.6. The molecule has 1 aromatic heterocycles. The fourth-order valence-electron chi connectivity index (χ4n) is 2.09. The van der Waals surface area contributed by atoms with Gasteiger partial charge in [-0.3, -0.25) is 4.79 Å². The summed E-state index contributed by atoms with van der Waals surface area (Å²) in [5.74, 6) is 0.0156. The van der Waals surface area contributed by atoms with Crippen LogP contribution in [0, 0.1) is 0 Å². The highest BCUT2D eigenvalue weighted by Gasteiger charge is 2.08. The van der Waals surface area contributed by atoms with Gasteiger partial charge in [-0.1, -0.05) is 6.07 Å². The summed E-state index contributed by atoms with van der Waals surface area (Å²) < 4.78 is 4.70. The molecule has 0 spiro atoms. The van der Waals surface area contributed by atoms with Gasteiger partial charge in [0.25, 0.3) is 5.91 Å². The molecule has 1 amide bonds. The summed E-state index contributed by atoms with van der Waals surface area (Å²) in [6.07, 6.45) is 1.51. The van der Waals surface area contributed by atoms with E-state index >= 15 is 0 Å². The third kappa shape index (κ3) is 5.58. The molecular formula is C18H22N4O3. The van der Waals surface area contributed by atoms with Crippen LogP contribution in [0.2, 0.25) is 0 Å². The van der Waals surface area contributed by atoms with Gasteiger partial charge < -0.3 is 20.3 Å². The molecule has 7 nitrogen and oxygen atoms in total. The van der Waals surface area contributed by atoms with Crippen molar-refractivity contribution in [2.24, 2.45) is 0 Å². The molecule has 0 bridgehead atoms. The van der Waals surface area contributed by atoms with Crippen molar-refractivity contribution in [3.63, 3.8) is 0 Å². The number of carbonyl (C=O) groups excluding carboxylic acids is 2. The molecule has 0 unspecified atom stereocenters. The lowest BCUT2D eigenvalue weighted by molar-refractivity contribution is 0.0600. The van der Waals surface area contributed by atoms with Gasteiger partial charge in [0.1, 0.15) is 5.82 Å². The number of amides is 1. The van der Waals surface area contributed by atoms with E-state index in [1.54, 1.807) is 30.3 Å². The summed E-state index contributed by atoms with van der Waals surface area (Å²) in [4.78, 5) is 29.8. The quantitative estimate of drug-likeness (QED) is 0.748. The predicted molar refractivity (Wildman–Crippen MR) is 96.2 cm³/mol. The maximum atomic E-state index is 12.0. The fraction of sp³-hybridized carbons (Fsp3) is 0.278. The van der Waals surface area contributed by atoms with E-state index in [2.05, 4.69) is 15.6 Å². The van der Waals surface area contributed by atoms with Crippen molar-refractivity contribution >= 4 is 23.4 Å². The van der Waals surface area contributed by atoms with E-state index < -0.39 is 5.97 Å². The van der Waals surface area contributed by atoms with Crippen LogP contribution in [0.5, 0.6) is 0 Å². The van der Waals surface area contributed by atoms with Crippen molar-refractivity contribution < 1.29 is 14.3 Å². The number of likely N-dealkylation sites (N-methyl/N-ethyl adjacent to an activating group) is 1. The number of benzene rings is 1. The lowest BCUT2D eigenvalue weighted by Gasteiger charge is -2.11. The summed E-state index contributed by atoms with van der Waals surface area (Å²) in [5.41, 5.74) is 1.65. The minimum atomic E-state index is -0.402. The summed E-state index contributed by atoms with van der Waals surface area (Å²) in [6.45, 7) is 1.35. The number of pyridine rings is 1. The molecule has 132 valence electrons. The predicted octanol–water partition coefficient (Wildman–Crippen LogP) is 1.90. The van der Waals surface area contributed by atoms with Crippen LogP contribution in [-0.4, -0.2) is 56.1 Å². The minimum absolute atomic E-state index is 0.159. The summed E-state index contributed by atoms with van der Waals surface area (Å²) >= 11 is 0. The van der Waals surface area contributed by atoms with E-state index in [1.165, 1.54) is 13.3 Å². The molecule has 1 heterocycles. The minimum Gasteiger partial charge on any atom is -0.465 e. The SMILES string of the molecule is COC(=O)c1cccc(Nc2ccc(C(=O)NCCN(C)C)cn2)c1. The van der Waals surface area contributed by atoms with Gasteiger partial charge in [0.15, 0.2) is 0 Å². The van der Waals surface area contributed by atoms with Crippen LogP contribution < -0.4 is 10.6 Å². The number of nitrogens with zero attached hydrogens (tertiary/aromatic N) is 2. The van der Waals surface area contributed by atoms with Crippen LogP contribution in [0.1, 0.15) is 20.7 Å². The molecular weight excluding hydrogens is 320 g/mol. The van der Waals surface area contributed by atoms with E-state index in [9.17, 15) is 9.59 Å². The molecule has 0 aliphatic rings. The Morgan fingerprint density at radius 3 is 2.60 bits per heavy atom. The van der Waals surface area contributed by atoms with Gasteiger partial charge in [-0.2, -0.15) is 0 Å². The number of anilines is 2. The van der Waals surface area contributed by atoms with Crippen LogP contribution in [0.3, 0.4) is 0 Å². The van der Waals surface area contributed by atoms with Gasteiger partial charge in [0, 0.05) is 25.0 Å². The summed E-state index contributed by atoms with van der Waals surface area (Å²) in [5, 5.41) is 5.92. The zero-order valence-electron chi connectivity index (χ0n) is 14.6. The first-order valence-electron chi connectivity index (χ1n) is 7.84. The van der Waals surface area contributed by atoms with Crippen LogP contribution in [0.25, 0.3) is 0 Å². The smallest absolute Gasteiger partial charge is 0.337 e. The third-order valence-corrected chi connectivity index (χ3v) is 3.43. The van der Waals surface area contributed by atoms with Crippen molar-refractivity contribution in [1.82, 2.24) is 15.2 Å². The Balaban J connectivity index is 1.98. The van der Waals surface area contributed by atoms with Gasteiger partial charge in [-0.25, -0.2) is 9.78 Å². The van der Waals surface area contributed by atoms with Gasteiger partial charge >= 0.3 is 5.97 Å². The number of aromatic nitrogens is 1. The first kappa shape index (κ1) is 18.4. The highest BCUT2D eigenvalue weighted by molar-refractivity contribution is 5.94. The number of carbonyl (C=O) groups is 2. The third-order valence-electron chi connectivity index (χ3n) is 3.43. The molecule has 0 fully saturated rings. The summed E-state index contributed by atoms with van der Waals surface area (Å²) in [7, 11) is 5.24. The van der Waals surface area contributed by atoms with E-state index in [4.69, 9.17) is 4.74 Å². The first-order valence-corrected chi connectivity index (χ1v) is 7.84. The highest BCUT2D eigenvalue weighted by atomic mass is 16.5. The lowest BCUT2D eigenvalue weighted by atomic mass is 10.2. The van der Waals surface area contributed by atoms with Crippen molar-refractivity contribution in [3.8, 4) is 0 Å². The van der Waals surface area contributed by atoms with Gasteiger partial charge in [0.2, 0.25) is 0 Å². The Labute approximate surface area is 147 Å². The van der Waals surface area contributed by atoms with E-state index in [0.717, 1.165) is 6.54 Å². The molecule has 2 N–H and O–H groups in total. The Hall–Kier alpha value is -2.93. The number of nitrogens with one attached hydrogen (secondary N) is 2. The molecule has 7 heteroatoms. The van der Waals surface area contributed by atoms with Crippen LogP contribution in [0.15, 0.2) is 42.6 Å². The topological polar surface area (TPSA) is 83.6 Å². The molecule has 0 atom stereocenters. The van der Waals surface area contributed by atoms with E-state index in [-0.39, 0.29) is 5.91 Å². The molecule has 0 saturated heterocycles. The molecule has 25 heavy (non-hydrogen) atoms. The maximum Gasteiger partial charge on any atom is 0.337 e. The number of rotatable bonds is 7. The standard InChI is InChI=1S/C18H22N4O3/c1-22(2)10-9-19-17(23)14-7-8-16(20-12-14)21-15-6-4-5-13(11-15)18(24)25-3/h4-8,11-12H,9-10H2,1-3H3,(H,19,23)(H,20,21). The number of methoxy groups -OCH3 is 1. The monoisotopic (exact) mass is 342 g/mol. The zero-order chi connectivity index (χ0) is 18.2. The number of hydrogen-bond acceptors (Lipinski definition) is 6. The summed E-state index contributed by atoms with van der Waals surface area (Å²) in [6, 6.07) is 10.3. The maximum absolute atomic E-state index is 12.0. The van der Waals surface area contributed by atoms with E-state index in [0.29, 0.717) is 29.2 Å². The van der Waals surface area contributed by atoms with Crippen LogP contribution in [-0.2, 0) is 4.74 Å². The second kappa shape index (κ2) is 8.79. The normalized spacial score (nSPS) is 10.4. The van der Waals surface area contributed by atoms with Gasteiger partial charge in [-0.15, -0.1) is 0 Å². The molecule has 0 aliphatic carbocycles. The second-order valence-electron chi connectivity index (χ2n) is 5.69. The van der Waals surface area contributed by atoms with Crippen molar-refractivity contribution in [2.75, 3.05) is 39.6 Å². The second-order valence-corrected chi connectivity index (χ2v) is 5.69. The van der Waals surface area contributed by atoms with Crippen molar-refractivity contribution in [2.45, 2.75) is 0 Å². The molecule has 0 aliphatic heterocycles. The fourth-order valence-corrected chi connectivity index (χ4v) is 2.09. The molecule has 0 saturated carbocycles. The van der Waals surface area contributed by atoms with Gasteiger partial charge in [-0.05, 0) is 44.4 Å². The van der Waals surface area contributed by atoms with E-state index in [1.807, 2.05) is 25.1 Å². The molecule has 2 aromatic rings. The van der Waals surface area contributed by atoms with Gasteiger partial charge in [0.05, 0.1) is 18.2 Å². The van der Waals surface area contributed by atoms with Crippen molar-refractivity contribution in [3.05, 3.63) is 53.7 Å². The number of esters is 1. The average molecular weight is 342 g/mol. The lowest BCUT2D eigenvalue weighted by Crippen LogP contribution is -2.31. The Bertz CT molecular complexity index is 729. The largest absolute Gasteiger partial charge is 0.465 e. The van der Waals surface area contributed by atoms with Crippen LogP contribution >= 0.6 is 0 Å². The molecule has 0 radical (unpaired) electrons. The Kier molecular flexibility index (Phi) is 6.47. The van der Waals surface area contributed by atoms with Crippen molar-refractivity contribution in [1.29, 1.82) is 0 Å². The number of ether oxygens (including phenoxy) is 1. The molecule has 2 rings (SSSR count).